The van der Waals surface area contributed by atoms with Gasteiger partial charge < -0.3 is 10.6 Å². The number of benzene rings is 1. The fourth-order valence-electron chi connectivity index (χ4n) is 3.24. The van der Waals surface area contributed by atoms with Crippen LogP contribution in [0, 0.1) is 0 Å². The molecule has 1 aromatic carbocycles. The monoisotopic (exact) mass is 294 g/mol. The molecule has 1 aliphatic carbocycles. The number of hydrogen-bond donors (Lipinski definition) is 1. The highest BCUT2D eigenvalue weighted by Gasteiger charge is 2.23. The van der Waals surface area contributed by atoms with Crippen molar-refractivity contribution in [1.82, 2.24) is 0 Å². The molecule has 0 aliphatic heterocycles. The van der Waals surface area contributed by atoms with E-state index in [1.54, 1.807) is 0 Å². The molecule has 2 nitrogen and oxygen atoms in total. The van der Waals surface area contributed by atoms with Crippen LogP contribution in [0.2, 0.25) is 5.02 Å². The minimum absolute atomic E-state index is 0.234. The Kier molecular flexibility index (Phi) is 5.74. The number of anilines is 1. The Bertz CT molecular complexity index is 427. The zero-order valence-corrected chi connectivity index (χ0v) is 13.5. The lowest BCUT2D eigenvalue weighted by atomic mass is 10.0. The Morgan fingerprint density at radius 1 is 1.30 bits per heavy atom. The van der Waals surface area contributed by atoms with Crippen LogP contribution in [0.15, 0.2) is 18.2 Å². The van der Waals surface area contributed by atoms with Gasteiger partial charge in [-0.05, 0) is 50.3 Å². The summed E-state index contributed by atoms with van der Waals surface area (Å²) in [5, 5.41) is 0.824. The lowest BCUT2D eigenvalue weighted by Gasteiger charge is -2.32. The van der Waals surface area contributed by atoms with Gasteiger partial charge in [0.2, 0.25) is 0 Å². The van der Waals surface area contributed by atoms with Crippen LogP contribution >= 0.6 is 11.6 Å². The van der Waals surface area contributed by atoms with Crippen LogP contribution in [0.1, 0.15) is 51.5 Å². The van der Waals surface area contributed by atoms with E-state index in [0.29, 0.717) is 6.04 Å². The standard InChI is InChI=1S/C17H27ClN2/c1-3-15(19)11-13-9-10-14(18)12-17(13)20(4-2)16-7-5-6-8-16/h9-10,12,15-16H,3-8,11,19H2,1-2H3. The quantitative estimate of drug-likeness (QED) is 0.843. The predicted octanol–water partition coefficient (Wildman–Crippen LogP) is 4.39. The second-order valence-electron chi connectivity index (χ2n) is 5.87. The minimum atomic E-state index is 0.234. The van der Waals surface area contributed by atoms with Crippen molar-refractivity contribution in [2.24, 2.45) is 5.73 Å². The van der Waals surface area contributed by atoms with Gasteiger partial charge in [-0.3, -0.25) is 0 Å². The first-order chi connectivity index (χ1) is 9.65. The molecule has 112 valence electrons. The summed E-state index contributed by atoms with van der Waals surface area (Å²) in [6.45, 7) is 5.43. The van der Waals surface area contributed by atoms with Gasteiger partial charge >= 0.3 is 0 Å². The molecule has 0 spiro atoms. The van der Waals surface area contributed by atoms with Crippen molar-refractivity contribution in [2.75, 3.05) is 11.4 Å². The van der Waals surface area contributed by atoms with E-state index in [2.05, 4.69) is 30.9 Å². The first kappa shape index (κ1) is 15.7. The number of halogens is 1. The highest BCUT2D eigenvalue weighted by atomic mass is 35.5. The summed E-state index contributed by atoms with van der Waals surface area (Å²) in [6, 6.07) is 7.18. The molecule has 1 aromatic rings. The number of hydrogen-bond acceptors (Lipinski definition) is 2. The molecule has 20 heavy (non-hydrogen) atoms. The first-order valence-corrected chi connectivity index (χ1v) is 8.34. The second kappa shape index (κ2) is 7.33. The van der Waals surface area contributed by atoms with E-state index in [9.17, 15) is 0 Å². The van der Waals surface area contributed by atoms with E-state index in [1.807, 2.05) is 6.07 Å². The van der Waals surface area contributed by atoms with Crippen molar-refractivity contribution in [3.63, 3.8) is 0 Å². The first-order valence-electron chi connectivity index (χ1n) is 7.96. The molecule has 1 saturated carbocycles. The molecular weight excluding hydrogens is 268 g/mol. The van der Waals surface area contributed by atoms with Gasteiger partial charge in [-0.2, -0.15) is 0 Å². The van der Waals surface area contributed by atoms with Crippen LogP contribution in [0.3, 0.4) is 0 Å². The van der Waals surface area contributed by atoms with E-state index in [-0.39, 0.29) is 6.04 Å². The third-order valence-corrected chi connectivity index (χ3v) is 4.70. The van der Waals surface area contributed by atoms with Gasteiger partial charge in [-0.15, -0.1) is 0 Å². The lowest BCUT2D eigenvalue weighted by Crippen LogP contribution is -2.34. The van der Waals surface area contributed by atoms with Crippen molar-refractivity contribution in [3.8, 4) is 0 Å². The van der Waals surface area contributed by atoms with Crippen LogP contribution in [-0.4, -0.2) is 18.6 Å². The number of nitrogens with zero attached hydrogens (tertiary/aromatic N) is 1. The zero-order chi connectivity index (χ0) is 14.5. The summed E-state index contributed by atoms with van der Waals surface area (Å²) in [5.41, 5.74) is 8.80. The Morgan fingerprint density at radius 2 is 2.00 bits per heavy atom. The van der Waals surface area contributed by atoms with Crippen molar-refractivity contribution in [2.45, 2.75) is 64.5 Å². The van der Waals surface area contributed by atoms with Crippen molar-refractivity contribution in [1.29, 1.82) is 0 Å². The molecular formula is C17H27ClN2. The topological polar surface area (TPSA) is 29.3 Å². The Labute approximate surface area is 128 Å². The molecule has 0 heterocycles. The van der Waals surface area contributed by atoms with Crippen molar-refractivity contribution in [3.05, 3.63) is 28.8 Å². The van der Waals surface area contributed by atoms with E-state index in [0.717, 1.165) is 24.4 Å². The Hall–Kier alpha value is -0.730. The molecule has 3 heteroatoms. The van der Waals surface area contributed by atoms with Gasteiger partial charge in [-0.1, -0.05) is 37.4 Å². The molecule has 0 radical (unpaired) electrons. The maximum atomic E-state index is 6.24. The summed E-state index contributed by atoms with van der Waals surface area (Å²) in [7, 11) is 0. The van der Waals surface area contributed by atoms with Crippen LogP contribution in [0.5, 0.6) is 0 Å². The van der Waals surface area contributed by atoms with Gasteiger partial charge in [0.1, 0.15) is 0 Å². The molecule has 2 rings (SSSR count). The van der Waals surface area contributed by atoms with Gasteiger partial charge in [0.05, 0.1) is 0 Å². The molecule has 1 aliphatic rings. The van der Waals surface area contributed by atoms with Crippen molar-refractivity contribution < 1.29 is 0 Å². The summed E-state index contributed by atoms with van der Waals surface area (Å²) in [4.78, 5) is 2.54. The van der Waals surface area contributed by atoms with E-state index < -0.39 is 0 Å². The number of nitrogens with two attached hydrogens (primary N) is 1. The predicted molar refractivity (Wildman–Crippen MR) is 88.7 cm³/mol. The van der Waals surface area contributed by atoms with E-state index >= 15 is 0 Å². The summed E-state index contributed by atoms with van der Waals surface area (Å²) < 4.78 is 0. The fraction of sp³-hybridized carbons (Fsp3) is 0.647. The molecule has 1 atom stereocenters. The highest BCUT2D eigenvalue weighted by molar-refractivity contribution is 6.30. The fourth-order valence-corrected chi connectivity index (χ4v) is 3.41. The van der Waals surface area contributed by atoms with Crippen LogP contribution in [-0.2, 0) is 6.42 Å². The minimum Gasteiger partial charge on any atom is -0.369 e. The summed E-state index contributed by atoms with van der Waals surface area (Å²) in [5.74, 6) is 0. The molecule has 0 bridgehead atoms. The third-order valence-electron chi connectivity index (χ3n) is 4.47. The highest BCUT2D eigenvalue weighted by Crippen LogP contribution is 2.32. The lowest BCUT2D eigenvalue weighted by molar-refractivity contribution is 0.608. The molecule has 1 fully saturated rings. The normalized spacial score (nSPS) is 17.4. The van der Waals surface area contributed by atoms with Gasteiger partial charge in [0, 0.05) is 29.3 Å². The van der Waals surface area contributed by atoms with E-state index in [1.165, 1.54) is 36.9 Å². The average Bonchev–Trinajstić information content (AvgIpc) is 2.96. The van der Waals surface area contributed by atoms with Gasteiger partial charge in [0.15, 0.2) is 0 Å². The molecule has 0 aromatic heterocycles. The molecule has 0 amide bonds. The molecule has 2 N–H and O–H groups in total. The second-order valence-corrected chi connectivity index (χ2v) is 6.31. The molecule has 1 unspecified atom stereocenters. The van der Waals surface area contributed by atoms with Crippen LogP contribution in [0.25, 0.3) is 0 Å². The molecule has 0 saturated heterocycles. The summed E-state index contributed by atoms with van der Waals surface area (Å²) >= 11 is 6.24. The smallest absolute Gasteiger partial charge is 0.0426 e. The largest absolute Gasteiger partial charge is 0.369 e. The zero-order valence-electron chi connectivity index (χ0n) is 12.7. The number of rotatable bonds is 6. The maximum Gasteiger partial charge on any atom is 0.0426 e. The third kappa shape index (κ3) is 3.67. The Morgan fingerprint density at radius 3 is 2.60 bits per heavy atom. The average molecular weight is 295 g/mol. The SMILES string of the molecule is CCC(N)Cc1ccc(Cl)cc1N(CC)C1CCCC1. The van der Waals surface area contributed by atoms with Crippen molar-refractivity contribution >= 4 is 17.3 Å². The maximum absolute atomic E-state index is 6.24. The van der Waals surface area contributed by atoms with Crippen LogP contribution in [0.4, 0.5) is 5.69 Å². The van der Waals surface area contributed by atoms with Gasteiger partial charge in [-0.25, -0.2) is 0 Å². The summed E-state index contributed by atoms with van der Waals surface area (Å²) in [6.07, 6.45) is 7.26. The van der Waals surface area contributed by atoms with E-state index in [4.69, 9.17) is 17.3 Å². The van der Waals surface area contributed by atoms with Crippen LogP contribution < -0.4 is 10.6 Å². The Balaban J connectivity index is 2.28. The van der Waals surface area contributed by atoms with Gasteiger partial charge in [0.25, 0.3) is 0 Å².